The summed E-state index contributed by atoms with van der Waals surface area (Å²) in [5.41, 5.74) is 3.50. The molecular weight excluding hydrogens is 498 g/mol. The minimum absolute atomic E-state index is 0.185. The SMILES string of the molecule is CS(=O)(=O)c1ccc(-n2c(=O)n(Cc3cc4cc(Cl)ccc4n3CCCC#N)c3cnccc32)cc1. The predicted octanol–water partition coefficient (Wildman–Crippen LogP) is 4.55. The average Bonchev–Trinajstić information content (AvgIpc) is 3.33. The van der Waals surface area contributed by atoms with Gasteiger partial charge in [0.25, 0.3) is 0 Å². The lowest BCUT2D eigenvalue weighted by Crippen LogP contribution is -2.24. The third-order valence-corrected chi connectivity index (χ3v) is 7.56. The zero-order valence-electron chi connectivity index (χ0n) is 19.4. The molecule has 0 radical (unpaired) electrons. The molecule has 0 aliphatic heterocycles. The third-order valence-electron chi connectivity index (χ3n) is 6.19. The van der Waals surface area contributed by atoms with Gasteiger partial charge in [-0.05, 0) is 61.0 Å². The molecule has 5 aromatic rings. The van der Waals surface area contributed by atoms with Crippen molar-refractivity contribution < 1.29 is 8.42 Å². The lowest BCUT2D eigenvalue weighted by atomic mass is 10.2. The zero-order valence-corrected chi connectivity index (χ0v) is 21.0. The maximum Gasteiger partial charge on any atom is 0.334 e. The van der Waals surface area contributed by atoms with Crippen LogP contribution < -0.4 is 5.69 Å². The fourth-order valence-electron chi connectivity index (χ4n) is 4.52. The van der Waals surface area contributed by atoms with Gasteiger partial charge in [0.1, 0.15) is 0 Å². The monoisotopic (exact) mass is 519 g/mol. The molecule has 0 saturated heterocycles. The van der Waals surface area contributed by atoms with Crippen LogP contribution in [0.1, 0.15) is 18.5 Å². The quantitative estimate of drug-likeness (QED) is 0.293. The topological polar surface area (TPSA) is 103 Å². The standard InChI is InChI=1S/C26H22ClN5O3S/c1-36(34,35)22-7-5-20(6-8-22)32-24-10-12-29-16-25(24)31(26(32)33)17-21-15-18-14-19(27)4-9-23(18)30(21)13-3-2-11-28/h4-10,12,14-16H,2-3,13,17H2,1H3. The van der Waals surface area contributed by atoms with E-state index in [-0.39, 0.29) is 17.1 Å². The number of aryl methyl sites for hydroxylation is 1. The molecule has 5 rings (SSSR count). The Morgan fingerprint density at radius 1 is 1.00 bits per heavy atom. The molecule has 0 bridgehead atoms. The van der Waals surface area contributed by atoms with Crippen molar-refractivity contribution in [3.05, 3.63) is 88.2 Å². The normalized spacial score (nSPS) is 11.8. The van der Waals surface area contributed by atoms with Gasteiger partial charge in [-0.1, -0.05) is 11.6 Å². The highest BCUT2D eigenvalue weighted by Crippen LogP contribution is 2.26. The van der Waals surface area contributed by atoms with Crippen molar-refractivity contribution in [1.82, 2.24) is 18.7 Å². The van der Waals surface area contributed by atoms with Gasteiger partial charge in [-0.3, -0.25) is 14.1 Å². The number of fused-ring (bicyclic) bond motifs is 2. The Morgan fingerprint density at radius 3 is 2.50 bits per heavy atom. The van der Waals surface area contributed by atoms with Crippen LogP contribution in [-0.4, -0.2) is 33.4 Å². The molecule has 10 heteroatoms. The minimum atomic E-state index is -3.36. The van der Waals surface area contributed by atoms with E-state index in [4.69, 9.17) is 16.9 Å². The molecule has 3 aromatic heterocycles. The van der Waals surface area contributed by atoms with Crippen LogP contribution in [0, 0.1) is 11.3 Å². The summed E-state index contributed by atoms with van der Waals surface area (Å²) in [7, 11) is -3.36. The fourth-order valence-corrected chi connectivity index (χ4v) is 5.33. The number of sulfone groups is 1. The van der Waals surface area contributed by atoms with Crippen LogP contribution in [0.5, 0.6) is 0 Å². The van der Waals surface area contributed by atoms with Crippen molar-refractivity contribution in [3.8, 4) is 11.8 Å². The molecule has 36 heavy (non-hydrogen) atoms. The van der Waals surface area contributed by atoms with E-state index in [0.717, 1.165) is 22.9 Å². The Kier molecular flexibility index (Phi) is 6.16. The third kappa shape index (κ3) is 4.30. The van der Waals surface area contributed by atoms with Gasteiger partial charge in [0.05, 0.1) is 40.4 Å². The van der Waals surface area contributed by atoms with E-state index in [9.17, 15) is 13.2 Å². The molecule has 182 valence electrons. The van der Waals surface area contributed by atoms with E-state index in [2.05, 4.69) is 15.6 Å². The van der Waals surface area contributed by atoms with Crippen molar-refractivity contribution in [1.29, 1.82) is 5.26 Å². The fraction of sp³-hybridized carbons (Fsp3) is 0.192. The predicted molar refractivity (Wildman–Crippen MR) is 139 cm³/mol. The molecule has 0 aliphatic rings. The Labute approximate surface area is 212 Å². The minimum Gasteiger partial charge on any atom is -0.343 e. The molecule has 0 unspecified atom stereocenters. The van der Waals surface area contributed by atoms with E-state index in [1.807, 2.05) is 24.3 Å². The van der Waals surface area contributed by atoms with Gasteiger partial charge < -0.3 is 4.57 Å². The lowest BCUT2D eigenvalue weighted by molar-refractivity contribution is 0.602. The highest BCUT2D eigenvalue weighted by molar-refractivity contribution is 7.90. The van der Waals surface area contributed by atoms with Crippen LogP contribution in [0.3, 0.4) is 0 Å². The van der Waals surface area contributed by atoms with Crippen LogP contribution in [0.15, 0.2) is 76.7 Å². The largest absolute Gasteiger partial charge is 0.343 e. The number of halogens is 1. The Bertz CT molecular complexity index is 1810. The summed E-state index contributed by atoms with van der Waals surface area (Å²) in [4.78, 5) is 18.1. The molecule has 8 nitrogen and oxygen atoms in total. The molecule has 0 fully saturated rings. The van der Waals surface area contributed by atoms with Gasteiger partial charge in [0.15, 0.2) is 9.84 Å². The van der Waals surface area contributed by atoms with Crippen molar-refractivity contribution in [2.24, 2.45) is 0 Å². The first-order chi connectivity index (χ1) is 17.3. The average molecular weight is 520 g/mol. The Morgan fingerprint density at radius 2 is 1.78 bits per heavy atom. The second-order valence-electron chi connectivity index (χ2n) is 8.59. The van der Waals surface area contributed by atoms with Crippen LogP contribution >= 0.6 is 11.6 Å². The summed E-state index contributed by atoms with van der Waals surface area (Å²) in [6, 6.07) is 17.9. The van der Waals surface area contributed by atoms with E-state index in [0.29, 0.717) is 41.1 Å². The summed E-state index contributed by atoms with van der Waals surface area (Å²) in [5, 5.41) is 10.6. The molecule has 2 aromatic carbocycles. The number of rotatable bonds is 7. The number of pyridine rings is 1. The second-order valence-corrected chi connectivity index (χ2v) is 11.0. The van der Waals surface area contributed by atoms with Crippen molar-refractivity contribution >= 4 is 43.4 Å². The number of nitriles is 1. The first-order valence-electron chi connectivity index (χ1n) is 11.3. The number of hydrogen-bond donors (Lipinski definition) is 0. The molecule has 0 saturated carbocycles. The van der Waals surface area contributed by atoms with Crippen LogP contribution in [-0.2, 0) is 22.9 Å². The van der Waals surface area contributed by atoms with Gasteiger partial charge in [-0.15, -0.1) is 0 Å². The molecule has 0 N–H and O–H groups in total. The lowest BCUT2D eigenvalue weighted by Gasteiger charge is -2.11. The van der Waals surface area contributed by atoms with E-state index in [1.54, 1.807) is 39.7 Å². The molecule has 0 spiro atoms. The summed E-state index contributed by atoms with van der Waals surface area (Å²) in [6.07, 6.45) is 5.53. The Balaban J connectivity index is 1.65. The van der Waals surface area contributed by atoms with Gasteiger partial charge in [0, 0.05) is 47.0 Å². The van der Waals surface area contributed by atoms with E-state index < -0.39 is 9.84 Å². The molecular formula is C26H22ClN5O3S. The highest BCUT2D eigenvalue weighted by atomic mass is 35.5. The number of benzene rings is 2. The Hall–Kier alpha value is -3.87. The number of nitrogens with zero attached hydrogens (tertiary/aromatic N) is 5. The van der Waals surface area contributed by atoms with Crippen LogP contribution in [0.2, 0.25) is 5.02 Å². The first kappa shape index (κ1) is 23.9. The highest BCUT2D eigenvalue weighted by Gasteiger charge is 2.18. The van der Waals surface area contributed by atoms with Crippen molar-refractivity contribution in [2.45, 2.75) is 30.8 Å². The van der Waals surface area contributed by atoms with E-state index >= 15 is 0 Å². The smallest absolute Gasteiger partial charge is 0.334 e. The first-order valence-corrected chi connectivity index (χ1v) is 13.6. The summed E-state index contributed by atoms with van der Waals surface area (Å²) in [6.45, 7) is 0.918. The van der Waals surface area contributed by atoms with Crippen molar-refractivity contribution in [2.75, 3.05) is 6.26 Å². The van der Waals surface area contributed by atoms with Crippen LogP contribution in [0.25, 0.3) is 27.6 Å². The van der Waals surface area contributed by atoms with Gasteiger partial charge in [-0.2, -0.15) is 5.26 Å². The van der Waals surface area contributed by atoms with Gasteiger partial charge in [-0.25, -0.2) is 13.2 Å². The number of unbranched alkanes of at least 4 members (excludes halogenated alkanes) is 1. The van der Waals surface area contributed by atoms with Crippen molar-refractivity contribution in [3.63, 3.8) is 0 Å². The van der Waals surface area contributed by atoms with Gasteiger partial charge >= 0.3 is 5.69 Å². The summed E-state index contributed by atoms with van der Waals surface area (Å²) < 4.78 is 29.1. The zero-order chi connectivity index (χ0) is 25.4. The maximum atomic E-state index is 13.7. The summed E-state index contributed by atoms with van der Waals surface area (Å²) in [5.74, 6) is 0. The molecule has 0 atom stereocenters. The number of imidazole rings is 1. The number of aromatic nitrogens is 4. The van der Waals surface area contributed by atoms with Gasteiger partial charge in [0.2, 0.25) is 0 Å². The molecule has 0 amide bonds. The van der Waals surface area contributed by atoms with Crippen LogP contribution in [0.4, 0.5) is 0 Å². The second kappa shape index (κ2) is 9.30. The molecule has 3 heterocycles. The summed E-state index contributed by atoms with van der Waals surface area (Å²) >= 11 is 6.22. The van der Waals surface area contributed by atoms with E-state index in [1.165, 1.54) is 12.1 Å². The maximum absolute atomic E-state index is 13.7. The number of hydrogen-bond acceptors (Lipinski definition) is 5. The molecule has 0 aliphatic carbocycles.